The lowest BCUT2D eigenvalue weighted by Gasteiger charge is -2.09. The lowest BCUT2D eigenvalue weighted by atomic mass is 10.3. The highest BCUT2D eigenvalue weighted by Crippen LogP contribution is 2.24. The Bertz CT molecular complexity index is 750. The van der Waals surface area contributed by atoms with E-state index in [9.17, 15) is 4.39 Å². The highest BCUT2D eigenvalue weighted by atomic mass is 19.1. The van der Waals surface area contributed by atoms with Crippen molar-refractivity contribution in [2.45, 2.75) is 19.9 Å². The summed E-state index contributed by atoms with van der Waals surface area (Å²) in [6, 6.07) is 6.70. The van der Waals surface area contributed by atoms with E-state index in [0.29, 0.717) is 17.0 Å². The van der Waals surface area contributed by atoms with E-state index >= 15 is 0 Å². The van der Waals surface area contributed by atoms with Gasteiger partial charge in [-0.05, 0) is 26.0 Å². The third-order valence-electron chi connectivity index (χ3n) is 3.04. The van der Waals surface area contributed by atoms with Crippen molar-refractivity contribution < 1.29 is 4.39 Å². The Morgan fingerprint density at radius 1 is 1.15 bits per heavy atom. The molecule has 0 saturated heterocycles. The van der Waals surface area contributed by atoms with Crippen LogP contribution in [0.25, 0.3) is 11.2 Å². The maximum absolute atomic E-state index is 13.7. The number of benzene rings is 1. The molecule has 0 aliphatic carbocycles. The summed E-state index contributed by atoms with van der Waals surface area (Å²) >= 11 is 0. The van der Waals surface area contributed by atoms with Crippen molar-refractivity contribution in [3.8, 4) is 0 Å². The molecule has 1 N–H and O–H groups in total. The monoisotopic (exact) mass is 271 g/mol. The number of fused-ring (bicyclic) bond motifs is 1. The van der Waals surface area contributed by atoms with Gasteiger partial charge in [0.2, 0.25) is 0 Å². The molecule has 6 heteroatoms. The molecule has 0 aliphatic heterocycles. The zero-order chi connectivity index (χ0) is 14.1. The number of imidazole rings is 1. The summed E-state index contributed by atoms with van der Waals surface area (Å²) in [4.78, 5) is 12.7. The normalized spacial score (nSPS) is 11.2. The summed E-state index contributed by atoms with van der Waals surface area (Å²) in [5, 5.41) is 2.97. The molecule has 5 nitrogen and oxygen atoms in total. The molecular formula is C14H14FN5. The highest BCUT2D eigenvalue weighted by molar-refractivity contribution is 5.85. The van der Waals surface area contributed by atoms with Gasteiger partial charge in [-0.25, -0.2) is 19.3 Å². The van der Waals surface area contributed by atoms with Gasteiger partial charge in [-0.1, -0.05) is 12.1 Å². The molecule has 0 radical (unpaired) electrons. The van der Waals surface area contributed by atoms with Crippen molar-refractivity contribution in [1.29, 1.82) is 0 Å². The number of nitrogens with one attached hydrogen (secondary N) is 1. The van der Waals surface area contributed by atoms with Crippen molar-refractivity contribution in [3.05, 3.63) is 42.7 Å². The molecule has 2 heterocycles. The average molecular weight is 271 g/mol. The molecule has 0 unspecified atom stereocenters. The van der Waals surface area contributed by atoms with Gasteiger partial charge in [0, 0.05) is 6.04 Å². The van der Waals surface area contributed by atoms with Crippen LogP contribution in [0.3, 0.4) is 0 Å². The molecule has 0 amide bonds. The average Bonchev–Trinajstić information content (AvgIpc) is 2.86. The summed E-state index contributed by atoms with van der Waals surface area (Å²) in [5.41, 5.74) is 1.73. The molecule has 0 saturated carbocycles. The molecule has 0 aliphatic rings. The molecule has 0 spiro atoms. The van der Waals surface area contributed by atoms with Crippen LogP contribution < -0.4 is 5.32 Å². The number of anilines is 2. The van der Waals surface area contributed by atoms with Crippen LogP contribution in [0.15, 0.2) is 36.9 Å². The SMILES string of the molecule is CC(C)n1cnc2c(Nc3ccccc3F)ncnc21. The van der Waals surface area contributed by atoms with Gasteiger partial charge in [-0.2, -0.15) is 0 Å². The molecular weight excluding hydrogens is 257 g/mol. The minimum Gasteiger partial charge on any atom is -0.336 e. The molecule has 3 rings (SSSR count). The van der Waals surface area contributed by atoms with Gasteiger partial charge in [-0.15, -0.1) is 0 Å². The number of nitrogens with zero attached hydrogens (tertiary/aromatic N) is 4. The Morgan fingerprint density at radius 3 is 2.70 bits per heavy atom. The van der Waals surface area contributed by atoms with Gasteiger partial charge in [0.05, 0.1) is 12.0 Å². The van der Waals surface area contributed by atoms with Crippen molar-refractivity contribution in [3.63, 3.8) is 0 Å². The number of rotatable bonds is 3. The van der Waals surface area contributed by atoms with E-state index in [2.05, 4.69) is 20.3 Å². The van der Waals surface area contributed by atoms with Gasteiger partial charge >= 0.3 is 0 Å². The highest BCUT2D eigenvalue weighted by Gasteiger charge is 2.12. The third-order valence-corrected chi connectivity index (χ3v) is 3.04. The summed E-state index contributed by atoms with van der Waals surface area (Å²) in [6.45, 7) is 4.10. The van der Waals surface area contributed by atoms with Crippen molar-refractivity contribution >= 4 is 22.7 Å². The number of halogens is 1. The van der Waals surface area contributed by atoms with Crippen LogP contribution in [0.4, 0.5) is 15.9 Å². The van der Waals surface area contributed by atoms with E-state index < -0.39 is 0 Å². The maximum Gasteiger partial charge on any atom is 0.165 e. The van der Waals surface area contributed by atoms with Crippen LogP contribution in [-0.2, 0) is 0 Å². The topological polar surface area (TPSA) is 55.6 Å². The van der Waals surface area contributed by atoms with Crippen LogP contribution >= 0.6 is 0 Å². The second-order valence-electron chi connectivity index (χ2n) is 4.74. The Morgan fingerprint density at radius 2 is 1.95 bits per heavy atom. The molecule has 0 bridgehead atoms. The van der Waals surface area contributed by atoms with Crippen molar-refractivity contribution in [2.24, 2.45) is 0 Å². The maximum atomic E-state index is 13.7. The number of hydrogen-bond donors (Lipinski definition) is 1. The smallest absolute Gasteiger partial charge is 0.165 e. The quantitative estimate of drug-likeness (QED) is 0.794. The summed E-state index contributed by atoms with van der Waals surface area (Å²) in [7, 11) is 0. The molecule has 20 heavy (non-hydrogen) atoms. The number of para-hydroxylation sites is 1. The Kier molecular flexibility index (Phi) is 3.06. The van der Waals surface area contributed by atoms with E-state index in [1.54, 1.807) is 24.5 Å². The summed E-state index contributed by atoms with van der Waals surface area (Å²) in [5.74, 6) is 0.169. The lowest BCUT2D eigenvalue weighted by Crippen LogP contribution is -2.01. The van der Waals surface area contributed by atoms with Gasteiger partial charge in [0.25, 0.3) is 0 Å². The predicted molar refractivity (Wildman–Crippen MR) is 75.4 cm³/mol. The van der Waals surface area contributed by atoms with E-state index in [0.717, 1.165) is 5.65 Å². The lowest BCUT2D eigenvalue weighted by molar-refractivity contribution is 0.612. The fraction of sp³-hybridized carbons (Fsp3) is 0.214. The standard InChI is InChI=1S/C14H14FN5/c1-9(2)20-8-18-12-13(16-7-17-14(12)20)19-11-6-4-3-5-10(11)15/h3-9H,1-2H3,(H,16,17,19). The Balaban J connectivity index is 2.07. The van der Waals surface area contributed by atoms with E-state index in [1.807, 2.05) is 18.4 Å². The van der Waals surface area contributed by atoms with Crippen molar-refractivity contribution in [1.82, 2.24) is 19.5 Å². The Labute approximate surface area is 115 Å². The van der Waals surface area contributed by atoms with Crippen molar-refractivity contribution in [2.75, 3.05) is 5.32 Å². The largest absolute Gasteiger partial charge is 0.336 e. The fourth-order valence-electron chi connectivity index (χ4n) is 2.01. The zero-order valence-electron chi connectivity index (χ0n) is 11.2. The molecule has 102 valence electrons. The van der Waals surface area contributed by atoms with Gasteiger partial charge in [-0.3, -0.25) is 0 Å². The predicted octanol–water partition coefficient (Wildman–Crippen LogP) is 3.29. The first kappa shape index (κ1) is 12.5. The van der Waals surface area contributed by atoms with E-state index in [1.165, 1.54) is 12.4 Å². The van der Waals surface area contributed by atoms with E-state index in [4.69, 9.17) is 0 Å². The second kappa shape index (κ2) is 4.88. The third kappa shape index (κ3) is 2.09. The van der Waals surface area contributed by atoms with Crippen LogP contribution in [0.1, 0.15) is 19.9 Å². The second-order valence-corrected chi connectivity index (χ2v) is 4.74. The molecule has 0 atom stereocenters. The Hall–Kier alpha value is -2.50. The van der Waals surface area contributed by atoms with Gasteiger partial charge < -0.3 is 9.88 Å². The number of hydrogen-bond acceptors (Lipinski definition) is 4. The minimum atomic E-state index is -0.331. The van der Waals surface area contributed by atoms with Crippen LogP contribution in [0, 0.1) is 5.82 Å². The molecule has 1 aromatic carbocycles. The molecule has 0 fully saturated rings. The minimum absolute atomic E-state index is 0.246. The molecule has 3 aromatic rings. The zero-order valence-corrected chi connectivity index (χ0v) is 11.2. The summed E-state index contributed by atoms with van der Waals surface area (Å²) in [6.07, 6.45) is 3.17. The first-order chi connectivity index (χ1) is 9.66. The number of aromatic nitrogens is 4. The van der Waals surface area contributed by atoms with Crippen LogP contribution in [-0.4, -0.2) is 19.5 Å². The summed E-state index contributed by atoms with van der Waals surface area (Å²) < 4.78 is 15.6. The first-order valence-corrected chi connectivity index (χ1v) is 6.36. The van der Waals surface area contributed by atoms with Gasteiger partial charge in [0.1, 0.15) is 12.1 Å². The fourth-order valence-corrected chi connectivity index (χ4v) is 2.01. The van der Waals surface area contributed by atoms with Crippen LogP contribution in [0.2, 0.25) is 0 Å². The van der Waals surface area contributed by atoms with Crippen LogP contribution in [0.5, 0.6) is 0 Å². The first-order valence-electron chi connectivity index (χ1n) is 6.36. The molecule has 2 aromatic heterocycles. The van der Waals surface area contributed by atoms with Gasteiger partial charge in [0.15, 0.2) is 17.0 Å². The van der Waals surface area contributed by atoms with E-state index in [-0.39, 0.29) is 11.9 Å².